The van der Waals surface area contributed by atoms with Crippen LogP contribution in [-0.2, 0) is 15.0 Å². The van der Waals surface area contributed by atoms with Crippen molar-refractivity contribution < 1.29 is 23.0 Å². The Morgan fingerprint density at radius 2 is 1.25 bits per heavy atom. The average Bonchev–Trinajstić information content (AvgIpc) is 3.06. The highest BCUT2D eigenvalue weighted by Crippen LogP contribution is 2.43. The number of nitrogens with zero attached hydrogens (tertiary/aromatic N) is 1. The summed E-state index contributed by atoms with van der Waals surface area (Å²) in [6.07, 6.45) is -0.929. The van der Waals surface area contributed by atoms with Crippen LogP contribution in [0.3, 0.4) is 0 Å². The number of halogens is 3. The highest BCUT2D eigenvalue weighted by molar-refractivity contribution is 6.32. The predicted molar refractivity (Wildman–Crippen MR) is 170 cm³/mol. The molecule has 5 rings (SSSR count). The molecule has 0 saturated carbocycles. The van der Waals surface area contributed by atoms with Crippen LogP contribution in [0.2, 0.25) is 5.02 Å². The van der Waals surface area contributed by atoms with Gasteiger partial charge in [0.05, 0.1) is 23.5 Å². The molecule has 8 heteroatoms. The summed E-state index contributed by atoms with van der Waals surface area (Å²) in [6.45, 7) is 4.27. The third-order valence-corrected chi connectivity index (χ3v) is 7.60. The lowest BCUT2D eigenvalue weighted by atomic mass is 9.76. The molecule has 0 amide bonds. The highest BCUT2D eigenvalue weighted by Gasteiger charge is 2.38. The first-order valence-electron chi connectivity index (χ1n) is 14.3. The minimum atomic E-state index is -1.07. The number of aromatic nitrogens is 1. The van der Waals surface area contributed by atoms with Gasteiger partial charge >= 0.3 is 0 Å². The third kappa shape index (κ3) is 6.04. The van der Waals surface area contributed by atoms with Gasteiger partial charge in [-0.25, -0.2) is 13.8 Å². The molecule has 1 N–H and O–H groups in total. The number of hydrogen-bond donors (Lipinski definition) is 1. The largest absolute Gasteiger partial charge is 0.492 e. The second-order valence-electron chi connectivity index (χ2n) is 9.92. The van der Waals surface area contributed by atoms with Crippen LogP contribution in [0.4, 0.5) is 14.5 Å². The molecule has 0 bridgehead atoms. The van der Waals surface area contributed by atoms with E-state index in [-0.39, 0.29) is 33.4 Å². The van der Waals surface area contributed by atoms with Crippen LogP contribution in [0.15, 0.2) is 109 Å². The van der Waals surface area contributed by atoms with E-state index in [9.17, 15) is 0 Å². The summed E-state index contributed by atoms with van der Waals surface area (Å²) >= 11 is 6.18. The Morgan fingerprint density at radius 3 is 1.70 bits per heavy atom. The summed E-state index contributed by atoms with van der Waals surface area (Å²) in [5.74, 6) is -1.81. The van der Waals surface area contributed by atoms with Crippen molar-refractivity contribution in [1.82, 2.24) is 4.98 Å². The maximum atomic E-state index is 16.9. The number of hydrogen-bond acceptors (Lipinski definition) is 5. The summed E-state index contributed by atoms with van der Waals surface area (Å²) in [5.41, 5.74) is 1.49. The molecule has 1 heterocycles. The maximum Gasteiger partial charge on any atom is 0.201 e. The molecule has 226 valence electrons. The first-order valence-corrected chi connectivity index (χ1v) is 14.7. The zero-order chi connectivity index (χ0) is 31.1. The van der Waals surface area contributed by atoms with Crippen molar-refractivity contribution in [1.29, 1.82) is 0 Å². The minimum absolute atomic E-state index is 0.0569. The van der Waals surface area contributed by atoms with Crippen molar-refractivity contribution in [3.05, 3.63) is 148 Å². The van der Waals surface area contributed by atoms with Gasteiger partial charge in [-0.05, 0) is 48.7 Å². The van der Waals surface area contributed by atoms with Crippen LogP contribution >= 0.6 is 11.6 Å². The predicted octanol–water partition coefficient (Wildman–Crippen LogP) is 9.16. The monoisotopic (exact) mass is 614 g/mol. The van der Waals surface area contributed by atoms with Crippen molar-refractivity contribution in [2.24, 2.45) is 0 Å². The fourth-order valence-electron chi connectivity index (χ4n) is 5.35. The lowest BCUT2D eigenvalue weighted by Gasteiger charge is -2.38. The van der Waals surface area contributed by atoms with Gasteiger partial charge in [-0.2, -0.15) is 0 Å². The molecule has 0 radical (unpaired) electrons. The van der Waals surface area contributed by atoms with Gasteiger partial charge in [-0.1, -0.05) is 103 Å². The van der Waals surface area contributed by atoms with Crippen molar-refractivity contribution in [2.45, 2.75) is 25.7 Å². The number of rotatable bonds is 12. The van der Waals surface area contributed by atoms with E-state index in [0.717, 1.165) is 16.7 Å². The van der Waals surface area contributed by atoms with Crippen molar-refractivity contribution >= 4 is 17.3 Å². The molecule has 1 aromatic heterocycles. The average molecular weight is 615 g/mol. The molecule has 44 heavy (non-hydrogen) atoms. The van der Waals surface area contributed by atoms with Gasteiger partial charge in [0.25, 0.3) is 0 Å². The van der Waals surface area contributed by atoms with Crippen LogP contribution in [0.1, 0.15) is 42.5 Å². The minimum Gasteiger partial charge on any atom is -0.492 e. The molecule has 0 fully saturated rings. The summed E-state index contributed by atoms with van der Waals surface area (Å²) in [7, 11) is 1.30. The first-order chi connectivity index (χ1) is 21.4. The number of ether oxygens (including phenoxy) is 3. The van der Waals surface area contributed by atoms with Gasteiger partial charge in [0.2, 0.25) is 6.29 Å². The number of pyridine rings is 1. The van der Waals surface area contributed by atoms with Crippen molar-refractivity contribution in [2.75, 3.05) is 25.6 Å². The Labute approximate surface area is 261 Å². The molecule has 0 aliphatic rings. The maximum absolute atomic E-state index is 16.9. The van der Waals surface area contributed by atoms with E-state index in [1.807, 2.05) is 105 Å². The molecule has 0 aliphatic carbocycles. The summed E-state index contributed by atoms with van der Waals surface area (Å²) in [4.78, 5) is 4.55. The summed E-state index contributed by atoms with van der Waals surface area (Å²) in [5, 5.41) is 3.61. The molecule has 5 nitrogen and oxygen atoms in total. The van der Waals surface area contributed by atoms with E-state index in [0.29, 0.717) is 13.2 Å². The number of benzene rings is 4. The van der Waals surface area contributed by atoms with Crippen LogP contribution in [0.5, 0.6) is 5.75 Å². The molecule has 0 unspecified atom stereocenters. The second-order valence-corrected chi connectivity index (χ2v) is 10.3. The standard InChI is InChI=1S/C36H33ClF2N2O3/c1-4-43-35(44-5-2)30-23-29(32(39)33(40-30)27-21-22-28(37)34(42-3)31(27)38)41-36(24-15-9-6-10-16-24,25-17-11-7-12-18-25)26-19-13-8-14-20-26/h6-23,35H,4-5H2,1-3H3,(H,40,41). The van der Waals surface area contributed by atoms with Gasteiger partial charge in [0, 0.05) is 18.8 Å². The molecule has 4 aromatic carbocycles. The fraction of sp³-hybridized carbons (Fsp3) is 0.194. The lowest BCUT2D eigenvalue weighted by Crippen LogP contribution is -2.38. The summed E-state index contributed by atoms with van der Waals surface area (Å²) in [6, 6.07) is 33.7. The van der Waals surface area contributed by atoms with E-state index in [1.165, 1.54) is 19.2 Å². The molecule has 0 aliphatic heterocycles. The Kier molecular flexibility index (Phi) is 9.90. The van der Waals surface area contributed by atoms with E-state index >= 15 is 8.78 Å². The topological polar surface area (TPSA) is 52.6 Å². The second kappa shape index (κ2) is 14.0. The van der Waals surface area contributed by atoms with E-state index in [4.69, 9.17) is 25.8 Å². The van der Waals surface area contributed by atoms with Crippen molar-refractivity contribution in [3.8, 4) is 17.0 Å². The zero-order valence-corrected chi connectivity index (χ0v) is 25.4. The Balaban J connectivity index is 1.83. The Hall–Kier alpha value is -4.30. The molecule has 0 spiro atoms. The van der Waals surface area contributed by atoms with Crippen LogP contribution in [0, 0.1) is 11.6 Å². The normalized spacial score (nSPS) is 11.5. The number of nitrogens with one attached hydrogen (secondary N) is 1. The van der Waals surface area contributed by atoms with Gasteiger partial charge < -0.3 is 19.5 Å². The fourth-order valence-corrected chi connectivity index (χ4v) is 5.57. The van der Waals surface area contributed by atoms with Gasteiger partial charge in [-0.3, -0.25) is 0 Å². The highest BCUT2D eigenvalue weighted by atomic mass is 35.5. The number of methoxy groups -OCH3 is 1. The van der Waals surface area contributed by atoms with Crippen molar-refractivity contribution in [3.63, 3.8) is 0 Å². The van der Waals surface area contributed by atoms with E-state index in [1.54, 1.807) is 6.07 Å². The molecule has 0 atom stereocenters. The van der Waals surface area contributed by atoms with E-state index < -0.39 is 23.5 Å². The van der Waals surface area contributed by atoms with Crippen LogP contribution < -0.4 is 10.1 Å². The molecular formula is C36H33ClF2N2O3. The van der Waals surface area contributed by atoms with Gasteiger partial charge in [0.15, 0.2) is 17.4 Å². The summed E-state index contributed by atoms with van der Waals surface area (Å²) < 4.78 is 49.6. The SMILES string of the molecule is CCOC(OCC)c1cc(NC(c2ccccc2)(c2ccccc2)c2ccccc2)c(F)c(-c2ccc(Cl)c(OC)c2F)n1. The molecule has 5 aromatic rings. The smallest absolute Gasteiger partial charge is 0.201 e. The van der Waals surface area contributed by atoms with Gasteiger partial charge in [0.1, 0.15) is 11.2 Å². The Morgan fingerprint density at radius 1 is 0.750 bits per heavy atom. The van der Waals surface area contributed by atoms with Crippen LogP contribution in [0.25, 0.3) is 11.3 Å². The quantitative estimate of drug-likeness (QED) is 0.112. The number of anilines is 1. The molecular weight excluding hydrogens is 582 g/mol. The zero-order valence-electron chi connectivity index (χ0n) is 24.7. The van der Waals surface area contributed by atoms with Crippen LogP contribution in [-0.4, -0.2) is 25.3 Å². The van der Waals surface area contributed by atoms with E-state index in [2.05, 4.69) is 10.3 Å². The molecule has 0 saturated heterocycles. The Bertz CT molecular complexity index is 1590. The first kappa shape index (κ1) is 31.1. The lowest BCUT2D eigenvalue weighted by molar-refractivity contribution is -0.142. The van der Waals surface area contributed by atoms with Gasteiger partial charge in [-0.15, -0.1) is 0 Å². The third-order valence-electron chi connectivity index (χ3n) is 7.31.